The van der Waals surface area contributed by atoms with Crippen LogP contribution < -0.4 is 5.73 Å². The molecule has 0 saturated carbocycles. The summed E-state index contributed by atoms with van der Waals surface area (Å²) in [5, 5.41) is 0. The monoisotopic (exact) mass is 288 g/mol. The van der Waals surface area contributed by atoms with E-state index in [1.165, 1.54) is 12.1 Å². The van der Waals surface area contributed by atoms with E-state index in [9.17, 15) is 4.39 Å². The summed E-state index contributed by atoms with van der Waals surface area (Å²) in [5.74, 6) is -0.217. The van der Waals surface area contributed by atoms with Crippen LogP contribution in [-0.4, -0.2) is 24.0 Å². The summed E-state index contributed by atoms with van der Waals surface area (Å²) in [7, 11) is 0. The zero-order chi connectivity index (χ0) is 12.1. The molecule has 4 heteroatoms. The lowest BCUT2D eigenvalue weighted by Gasteiger charge is -2.26. The minimum Gasteiger partial charge on any atom is -0.329 e. The van der Waals surface area contributed by atoms with E-state index in [1.807, 2.05) is 6.07 Å². The summed E-state index contributed by atoms with van der Waals surface area (Å²) in [5.41, 5.74) is 6.66. The largest absolute Gasteiger partial charge is 0.329 e. The summed E-state index contributed by atoms with van der Waals surface area (Å²) in [6.07, 6.45) is 0. The second-order valence-electron chi connectivity index (χ2n) is 4.09. The molecule has 1 aromatic carbocycles. The van der Waals surface area contributed by atoms with Crippen LogP contribution in [0.3, 0.4) is 0 Å². The summed E-state index contributed by atoms with van der Waals surface area (Å²) >= 11 is 3.38. The Morgan fingerprint density at radius 2 is 2.12 bits per heavy atom. The molecule has 2 N–H and O–H groups in total. The molecule has 90 valence electrons. The molecular weight excluding hydrogens is 271 g/mol. The fourth-order valence-electron chi connectivity index (χ4n) is 1.55. The number of nitrogens with two attached hydrogens (primary N) is 1. The number of hydrogen-bond donors (Lipinski definition) is 1. The Morgan fingerprint density at radius 3 is 2.62 bits per heavy atom. The number of nitrogens with zero attached hydrogens (tertiary/aromatic N) is 1. The molecule has 0 unspecified atom stereocenters. The van der Waals surface area contributed by atoms with Gasteiger partial charge in [0.1, 0.15) is 5.82 Å². The van der Waals surface area contributed by atoms with E-state index in [-0.39, 0.29) is 5.82 Å². The second kappa shape index (κ2) is 6.33. The van der Waals surface area contributed by atoms with Gasteiger partial charge in [-0.25, -0.2) is 4.39 Å². The van der Waals surface area contributed by atoms with Gasteiger partial charge in [-0.15, -0.1) is 0 Å². The lowest BCUT2D eigenvalue weighted by atomic mass is 10.2. The first-order valence-electron chi connectivity index (χ1n) is 5.42. The molecule has 0 atom stereocenters. The van der Waals surface area contributed by atoms with E-state index >= 15 is 0 Å². The average molecular weight is 289 g/mol. The van der Waals surface area contributed by atoms with Gasteiger partial charge in [0, 0.05) is 30.1 Å². The van der Waals surface area contributed by atoms with E-state index in [2.05, 4.69) is 34.7 Å². The molecule has 2 nitrogen and oxygen atoms in total. The number of hydrogen-bond acceptors (Lipinski definition) is 2. The highest BCUT2D eigenvalue weighted by molar-refractivity contribution is 9.10. The Morgan fingerprint density at radius 1 is 1.44 bits per heavy atom. The van der Waals surface area contributed by atoms with Crippen LogP contribution in [0.2, 0.25) is 0 Å². The highest BCUT2D eigenvalue weighted by Crippen LogP contribution is 2.20. The van der Waals surface area contributed by atoms with Gasteiger partial charge in [-0.1, -0.05) is 22.0 Å². The standard InChI is InChI=1S/C12H18BrFN2/c1-9(2)16(6-5-15)8-10-3-4-11(14)7-12(10)13/h3-4,7,9H,5-6,8,15H2,1-2H3. The second-order valence-corrected chi connectivity index (χ2v) is 4.94. The van der Waals surface area contributed by atoms with E-state index in [1.54, 1.807) is 0 Å². The van der Waals surface area contributed by atoms with Crippen molar-refractivity contribution in [1.29, 1.82) is 0 Å². The first kappa shape index (κ1) is 13.6. The minimum absolute atomic E-state index is 0.217. The third-order valence-corrected chi connectivity index (χ3v) is 3.27. The van der Waals surface area contributed by atoms with Crippen molar-refractivity contribution in [1.82, 2.24) is 4.90 Å². The van der Waals surface area contributed by atoms with Crippen LogP contribution in [0.5, 0.6) is 0 Å². The molecule has 0 spiro atoms. The first-order chi connectivity index (χ1) is 7.54. The van der Waals surface area contributed by atoms with Crippen molar-refractivity contribution in [3.8, 4) is 0 Å². The fourth-order valence-corrected chi connectivity index (χ4v) is 2.03. The van der Waals surface area contributed by atoms with Gasteiger partial charge in [-0.3, -0.25) is 4.90 Å². The summed E-state index contributed by atoms with van der Waals surface area (Å²) in [6, 6.07) is 5.23. The zero-order valence-corrected chi connectivity index (χ0v) is 11.3. The Bertz CT molecular complexity index is 342. The quantitative estimate of drug-likeness (QED) is 0.903. The average Bonchev–Trinajstić information content (AvgIpc) is 2.20. The van der Waals surface area contributed by atoms with Crippen LogP contribution in [0.15, 0.2) is 22.7 Å². The lowest BCUT2D eigenvalue weighted by molar-refractivity contribution is 0.219. The van der Waals surface area contributed by atoms with Crippen LogP contribution in [0, 0.1) is 5.82 Å². The molecule has 0 saturated heterocycles. The molecule has 0 radical (unpaired) electrons. The van der Waals surface area contributed by atoms with Crippen molar-refractivity contribution in [3.05, 3.63) is 34.1 Å². The third-order valence-electron chi connectivity index (χ3n) is 2.54. The molecule has 1 rings (SSSR count). The molecule has 0 aliphatic heterocycles. The van der Waals surface area contributed by atoms with Gasteiger partial charge < -0.3 is 5.73 Å². The van der Waals surface area contributed by atoms with Gasteiger partial charge in [0.15, 0.2) is 0 Å². The Hall–Kier alpha value is -0.450. The highest BCUT2D eigenvalue weighted by atomic mass is 79.9. The van der Waals surface area contributed by atoms with Crippen molar-refractivity contribution in [2.24, 2.45) is 5.73 Å². The minimum atomic E-state index is -0.217. The van der Waals surface area contributed by atoms with E-state index < -0.39 is 0 Å². The number of halogens is 2. The summed E-state index contributed by atoms with van der Waals surface area (Å²) < 4.78 is 13.7. The Kier molecular flexibility index (Phi) is 5.38. The first-order valence-corrected chi connectivity index (χ1v) is 6.22. The maximum Gasteiger partial charge on any atom is 0.124 e. The maximum absolute atomic E-state index is 12.9. The topological polar surface area (TPSA) is 29.3 Å². The lowest BCUT2D eigenvalue weighted by Crippen LogP contribution is -2.34. The van der Waals surface area contributed by atoms with Crippen molar-refractivity contribution >= 4 is 15.9 Å². The Balaban J connectivity index is 2.77. The third kappa shape index (κ3) is 3.85. The Labute approximate surface area is 105 Å². The normalized spacial score (nSPS) is 11.4. The molecule has 0 aliphatic rings. The van der Waals surface area contributed by atoms with Crippen molar-refractivity contribution in [2.45, 2.75) is 26.4 Å². The van der Waals surface area contributed by atoms with Crippen LogP contribution in [-0.2, 0) is 6.54 Å². The zero-order valence-electron chi connectivity index (χ0n) is 9.71. The van der Waals surface area contributed by atoms with Gasteiger partial charge >= 0.3 is 0 Å². The summed E-state index contributed by atoms with van der Waals surface area (Å²) in [6.45, 7) is 6.54. The molecule has 0 fully saturated rings. The SMILES string of the molecule is CC(C)N(CCN)Cc1ccc(F)cc1Br. The van der Waals surface area contributed by atoms with Crippen LogP contribution >= 0.6 is 15.9 Å². The van der Waals surface area contributed by atoms with Crippen molar-refractivity contribution < 1.29 is 4.39 Å². The smallest absolute Gasteiger partial charge is 0.124 e. The van der Waals surface area contributed by atoms with Gasteiger partial charge in [-0.2, -0.15) is 0 Å². The predicted octanol–water partition coefficient (Wildman–Crippen LogP) is 2.76. The molecule has 16 heavy (non-hydrogen) atoms. The van der Waals surface area contributed by atoms with Gasteiger partial charge in [-0.05, 0) is 31.5 Å². The predicted molar refractivity (Wildman–Crippen MR) is 68.7 cm³/mol. The van der Waals surface area contributed by atoms with E-state index in [4.69, 9.17) is 5.73 Å². The molecule has 0 bridgehead atoms. The van der Waals surface area contributed by atoms with Crippen LogP contribution in [0.4, 0.5) is 4.39 Å². The number of rotatable bonds is 5. The van der Waals surface area contributed by atoms with Gasteiger partial charge in [0.05, 0.1) is 0 Å². The van der Waals surface area contributed by atoms with Crippen LogP contribution in [0.1, 0.15) is 19.4 Å². The highest BCUT2D eigenvalue weighted by Gasteiger charge is 2.11. The molecule has 1 aromatic rings. The molecule has 0 aliphatic carbocycles. The molecule has 0 aromatic heterocycles. The van der Waals surface area contributed by atoms with Gasteiger partial charge in [0.25, 0.3) is 0 Å². The maximum atomic E-state index is 12.9. The molecule has 0 amide bonds. The summed E-state index contributed by atoms with van der Waals surface area (Å²) in [4.78, 5) is 2.26. The van der Waals surface area contributed by atoms with Gasteiger partial charge in [0.2, 0.25) is 0 Å². The van der Waals surface area contributed by atoms with E-state index in [0.29, 0.717) is 12.6 Å². The van der Waals surface area contributed by atoms with Crippen molar-refractivity contribution in [3.63, 3.8) is 0 Å². The fraction of sp³-hybridized carbons (Fsp3) is 0.500. The number of benzene rings is 1. The molecular formula is C12H18BrFN2. The van der Waals surface area contributed by atoms with Crippen LogP contribution in [0.25, 0.3) is 0 Å². The van der Waals surface area contributed by atoms with Crippen molar-refractivity contribution in [2.75, 3.05) is 13.1 Å². The molecule has 0 heterocycles. The van der Waals surface area contributed by atoms with E-state index in [0.717, 1.165) is 23.1 Å².